The highest BCUT2D eigenvalue weighted by Gasteiger charge is 2.11. The van der Waals surface area contributed by atoms with E-state index in [1.54, 1.807) is 43.5 Å². The number of methoxy groups -OCH3 is 1. The third kappa shape index (κ3) is 5.02. The van der Waals surface area contributed by atoms with Crippen molar-refractivity contribution in [2.45, 2.75) is 6.42 Å². The van der Waals surface area contributed by atoms with Crippen LogP contribution in [-0.4, -0.2) is 24.0 Å². The molecule has 4 rings (SSSR count). The Kier molecular flexibility index (Phi) is 5.84. The molecule has 0 fully saturated rings. The summed E-state index contributed by atoms with van der Waals surface area (Å²) < 4.78 is 5.28. The molecule has 0 unspecified atom stereocenters. The molecular weight excluding hydrogens is 392 g/mol. The van der Waals surface area contributed by atoms with E-state index in [0.717, 1.165) is 22.2 Å². The highest BCUT2D eigenvalue weighted by Crippen LogP contribution is 2.24. The fraction of sp³-hybridized carbons (Fsp3) is 0.0833. The molecule has 7 nitrogen and oxygen atoms in total. The van der Waals surface area contributed by atoms with E-state index < -0.39 is 0 Å². The van der Waals surface area contributed by atoms with Crippen molar-refractivity contribution in [3.05, 3.63) is 84.6 Å². The van der Waals surface area contributed by atoms with Crippen LogP contribution in [0.5, 0.6) is 5.75 Å². The van der Waals surface area contributed by atoms with Crippen LogP contribution in [0.2, 0.25) is 0 Å². The second kappa shape index (κ2) is 9.04. The van der Waals surface area contributed by atoms with Gasteiger partial charge < -0.3 is 25.7 Å². The molecule has 1 heterocycles. The van der Waals surface area contributed by atoms with Crippen LogP contribution in [0.1, 0.15) is 5.56 Å². The maximum atomic E-state index is 12.6. The lowest BCUT2D eigenvalue weighted by molar-refractivity contribution is -0.115. The van der Waals surface area contributed by atoms with Crippen LogP contribution in [0.25, 0.3) is 10.9 Å². The topological polar surface area (TPSA) is 95.2 Å². The quantitative estimate of drug-likeness (QED) is 0.357. The van der Waals surface area contributed by atoms with Gasteiger partial charge in [0.25, 0.3) is 0 Å². The van der Waals surface area contributed by atoms with Crippen LogP contribution in [-0.2, 0) is 11.2 Å². The average molecular weight is 414 g/mol. The van der Waals surface area contributed by atoms with E-state index in [1.165, 1.54) is 0 Å². The van der Waals surface area contributed by atoms with Gasteiger partial charge in [0.05, 0.1) is 13.5 Å². The van der Waals surface area contributed by atoms with Crippen LogP contribution in [0.4, 0.5) is 21.9 Å². The van der Waals surface area contributed by atoms with Gasteiger partial charge in [-0.3, -0.25) is 4.79 Å². The van der Waals surface area contributed by atoms with Crippen molar-refractivity contribution in [2.24, 2.45) is 0 Å². The number of amides is 3. The van der Waals surface area contributed by atoms with E-state index in [1.807, 2.05) is 42.6 Å². The molecular formula is C24H22N4O3. The van der Waals surface area contributed by atoms with Gasteiger partial charge in [0.2, 0.25) is 5.91 Å². The molecule has 1 aromatic heterocycles. The molecule has 31 heavy (non-hydrogen) atoms. The van der Waals surface area contributed by atoms with Gasteiger partial charge in [-0.15, -0.1) is 0 Å². The van der Waals surface area contributed by atoms with Crippen molar-refractivity contribution in [1.29, 1.82) is 0 Å². The molecule has 4 N–H and O–H groups in total. The fourth-order valence-electron chi connectivity index (χ4n) is 3.30. The van der Waals surface area contributed by atoms with Crippen LogP contribution in [0.3, 0.4) is 0 Å². The number of hydrogen-bond acceptors (Lipinski definition) is 3. The first kappa shape index (κ1) is 20.0. The molecule has 0 aliphatic heterocycles. The van der Waals surface area contributed by atoms with Gasteiger partial charge >= 0.3 is 6.03 Å². The Bertz CT molecular complexity index is 1220. The van der Waals surface area contributed by atoms with Gasteiger partial charge in [-0.05, 0) is 54.1 Å². The summed E-state index contributed by atoms with van der Waals surface area (Å²) in [5, 5.41) is 9.35. The number of aromatic nitrogens is 1. The smallest absolute Gasteiger partial charge is 0.323 e. The number of anilines is 3. The number of hydrogen-bond donors (Lipinski definition) is 4. The molecule has 0 radical (unpaired) electrons. The zero-order valence-electron chi connectivity index (χ0n) is 16.9. The number of para-hydroxylation sites is 1. The van der Waals surface area contributed by atoms with Crippen LogP contribution in [0, 0.1) is 0 Å². The highest BCUT2D eigenvalue weighted by molar-refractivity contribution is 6.01. The summed E-state index contributed by atoms with van der Waals surface area (Å²) in [4.78, 5) is 27.9. The molecule has 0 saturated carbocycles. The maximum Gasteiger partial charge on any atom is 0.323 e. The van der Waals surface area contributed by atoms with Gasteiger partial charge in [-0.2, -0.15) is 0 Å². The molecule has 3 amide bonds. The SMILES string of the molecule is COc1ccc2[nH]cc(CC(=O)Nc3cccc(NC(=O)Nc4ccccc4)c3)c2c1. The number of benzene rings is 3. The van der Waals surface area contributed by atoms with E-state index in [0.29, 0.717) is 17.1 Å². The summed E-state index contributed by atoms with van der Waals surface area (Å²) in [5.41, 5.74) is 3.69. The lowest BCUT2D eigenvalue weighted by Gasteiger charge is -2.10. The third-order valence-corrected chi connectivity index (χ3v) is 4.76. The zero-order valence-corrected chi connectivity index (χ0v) is 16.9. The molecule has 156 valence electrons. The minimum absolute atomic E-state index is 0.158. The molecule has 0 atom stereocenters. The number of rotatable bonds is 6. The summed E-state index contributed by atoms with van der Waals surface area (Å²) in [5.74, 6) is 0.580. The van der Waals surface area contributed by atoms with E-state index >= 15 is 0 Å². The predicted octanol–water partition coefficient (Wildman–Crippen LogP) is 5.00. The minimum Gasteiger partial charge on any atom is -0.497 e. The van der Waals surface area contributed by atoms with Crippen LogP contribution in [0.15, 0.2) is 79.0 Å². The summed E-state index contributed by atoms with van der Waals surface area (Å²) in [6.07, 6.45) is 2.04. The Hall–Kier alpha value is -4.26. The highest BCUT2D eigenvalue weighted by atomic mass is 16.5. The van der Waals surface area contributed by atoms with Crippen molar-refractivity contribution in [3.63, 3.8) is 0 Å². The molecule has 4 aromatic rings. The number of H-pyrrole nitrogens is 1. The number of carbonyl (C=O) groups is 2. The van der Waals surface area contributed by atoms with E-state index in [-0.39, 0.29) is 18.4 Å². The maximum absolute atomic E-state index is 12.6. The van der Waals surface area contributed by atoms with Crippen molar-refractivity contribution in [1.82, 2.24) is 4.98 Å². The van der Waals surface area contributed by atoms with Crippen molar-refractivity contribution < 1.29 is 14.3 Å². The molecule has 7 heteroatoms. The van der Waals surface area contributed by atoms with Crippen molar-refractivity contribution >= 4 is 39.9 Å². The average Bonchev–Trinajstić information content (AvgIpc) is 3.16. The summed E-state index contributed by atoms with van der Waals surface area (Å²) >= 11 is 0. The molecule has 0 saturated heterocycles. The van der Waals surface area contributed by atoms with Gasteiger partial charge in [-0.25, -0.2) is 4.79 Å². The van der Waals surface area contributed by atoms with Crippen molar-refractivity contribution in [3.8, 4) is 5.75 Å². The molecule has 0 aliphatic carbocycles. The summed E-state index contributed by atoms with van der Waals surface area (Å²) in [7, 11) is 1.61. The van der Waals surface area contributed by atoms with Crippen LogP contribution >= 0.6 is 0 Å². The minimum atomic E-state index is -0.359. The number of urea groups is 1. The van der Waals surface area contributed by atoms with E-state index in [4.69, 9.17) is 4.74 Å². The number of carbonyl (C=O) groups excluding carboxylic acids is 2. The normalized spacial score (nSPS) is 10.5. The Balaban J connectivity index is 1.39. The lowest BCUT2D eigenvalue weighted by atomic mass is 10.1. The molecule has 0 spiro atoms. The predicted molar refractivity (Wildman–Crippen MR) is 123 cm³/mol. The van der Waals surface area contributed by atoms with Gasteiger partial charge in [0, 0.05) is 34.2 Å². The van der Waals surface area contributed by atoms with Gasteiger partial charge in [0.1, 0.15) is 5.75 Å². The summed E-state index contributed by atoms with van der Waals surface area (Å²) in [6, 6.07) is 21.5. The number of ether oxygens (including phenoxy) is 1. The Morgan fingerprint density at radius 1 is 0.839 bits per heavy atom. The Morgan fingerprint density at radius 3 is 2.32 bits per heavy atom. The molecule has 0 bridgehead atoms. The monoisotopic (exact) mass is 414 g/mol. The molecule has 3 aromatic carbocycles. The Labute approximate surface area is 179 Å². The number of fused-ring (bicyclic) bond motifs is 1. The van der Waals surface area contributed by atoms with E-state index in [2.05, 4.69) is 20.9 Å². The van der Waals surface area contributed by atoms with E-state index in [9.17, 15) is 9.59 Å². The number of nitrogens with one attached hydrogen (secondary N) is 4. The number of aromatic amines is 1. The largest absolute Gasteiger partial charge is 0.497 e. The fourth-order valence-corrected chi connectivity index (χ4v) is 3.30. The van der Waals surface area contributed by atoms with Gasteiger partial charge in [0.15, 0.2) is 0 Å². The van der Waals surface area contributed by atoms with Gasteiger partial charge in [-0.1, -0.05) is 24.3 Å². The molecule has 0 aliphatic rings. The second-order valence-corrected chi connectivity index (χ2v) is 6.98. The second-order valence-electron chi connectivity index (χ2n) is 6.98. The van der Waals surface area contributed by atoms with Crippen molar-refractivity contribution in [2.75, 3.05) is 23.1 Å². The first-order valence-electron chi connectivity index (χ1n) is 9.78. The van der Waals surface area contributed by atoms with Crippen LogP contribution < -0.4 is 20.7 Å². The summed E-state index contributed by atoms with van der Waals surface area (Å²) in [6.45, 7) is 0. The first-order valence-corrected chi connectivity index (χ1v) is 9.78. The Morgan fingerprint density at radius 2 is 1.55 bits per heavy atom. The first-order chi connectivity index (χ1) is 15.1. The zero-order chi connectivity index (χ0) is 21.6. The third-order valence-electron chi connectivity index (χ3n) is 4.76. The standard InChI is InChI=1S/C24H22N4O3/c1-31-20-10-11-22-21(14-20)16(15-25-22)12-23(29)26-18-8-5-9-19(13-18)28-24(30)27-17-6-3-2-4-7-17/h2-11,13-15,25H,12H2,1H3,(H,26,29)(H2,27,28,30). The lowest BCUT2D eigenvalue weighted by Crippen LogP contribution is -2.19.